The molecule has 2 rings (SSSR count). The van der Waals surface area contributed by atoms with Crippen LogP contribution in [0.2, 0.25) is 0 Å². The summed E-state index contributed by atoms with van der Waals surface area (Å²) in [7, 11) is 3.93. The smallest absolute Gasteiger partial charge is 0.273 e. The number of amides is 1. The standard InChI is InChI=1S/C17H19N3O2/c1-20(2)15-10-8-13(9-11-15)12-18-19-17(22)16(21)14-6-4-3-5-7-14/h3-12,16,21H,1-2H3,(H,19,22)/b18-12+. The van der Waals surface area contributed by atoms with E-state index < -0.39 is 12.0 Å². The van der Waals surface area contributed by atoms with Crippen molar-refractivity contribution in [2.45, 2.75) is 6.10 Å². The Bertz CT molecular complexity index is 637. The molecule has 0 radical (unpaired) electrons. The van der Waals surface area contributed by atoms with Gasteiger partial charge >= 0.3 is 0 Å². The van der Waals surface area contributed by atoms with Gasteiger partial charge in [-0.3, -0.25) is 4.79 Å². The summed E-state index contributed by atoms with van der Waals surface area (Å²) in [6, 6.07) is 16.5. The summed E-state index contributed by atoms with van der Waals surface area (Å²) in [5.74, 6) is -0.563. The van der Waals surface area contributed by atoms with E-state index in [2.05, 4.69) is 10.5 Å². The number of carbonyl (C=O) groups excluding carboxylic acids is 1. The first-order valence-corrected chi connectivity index (χ1v) is 6.91. The molecule has 0 aliphatic rings. The minimum absolute atomic E-state index is 0.533. The highest BCUT2D eigenvalue weighted by molar-refractivity contribution is 5.85. The van der Waals surface area contributed by atoms with Crippen molar-refractivity contribution in [2.24, 2.45) is 5.10 Å². The maximum atomic E-state index is 11.8. The second-order valence-electron chi connectivity index (χ2n) is 5.03. The van der Waals surface area contributed by atoms with E-state index in [0.717, 1.165) is 11.3 Å². The first-order chi connectivity index (χ1) is 10.6. The van der Waals surface area contributed by atoms with Gasteiger partial charge in [0.2, 0.25) is 0 Å². The van der Waals surface area contributed by atoms with Crippen LogP contribution < -0.4 is 10.3 Å². The number of carbonyl (C=O) groups is 1. The minimum atomic E-state index is -1.23. The maximum Gasteiger partial charge on any atom is 0.273 e. The van der Waals surface area contributed by atoms with Crippen LogP contribution in [0.3, 0.4) is 0 Å². The number of aliphatic hydroxyl groups excluding tert-OH is 1. The third-order valence-corrected chi connectivity index (χ3v) is 3.16. The van der Waals surface area contributed by atoms with Crippen LogP contribution in [-0.2, 0) is 4.79 Å². The molecule has 0 aliphatic heterocycles. The summed E-state index contributed by atoms with van der Waals surface area (Å²) < 4.78 is 0. The Morgan fingerprint density at radius 3 is 2.36 bits per heavy atom. The highest BCUT2D eigenvalue weighted by Gasteiger charge is 2.15. The van der Waals surface area contributed by atoms with Crippen molar-refractivity contribution >= 4 is 17.8 Å². The van der Waals surface area contributed by atoms with E-state index in [1.807, 2.05) is 49.3 Å². The van der Waals surface area contributed by atoms with E-state index in [9.17, 15) is 9.90 Å². The molecule has 5 nitrogen and oxygen atoms in total. The molecule has 0 aliphatic carbocycles. The van der Waals surface area contributed by atoms with Gasteiger partial charge < -0.3 is 10.0 Å². The SMILES string of the molecule is CN(C)c1ccc(/C=N/NC(=O)C(O)c2ccccc2)cc1. The molecule has 1 unspecified atom stereocenters. The maximum absolute atomic E-state index is 11.8. The fourth-order valence-corrected chi connectivity index (χ4v) is 1.88. The average molecular weight is 297 g/mol. The predicted molar refractivity (Wildman–Crippen MR) is 87.9 cm³/mol. The molecule has 0 fully saturated rings. The molecule has 22 heavy (non-hydrogen) atoms. The molecule has 0 aromatic heterocycles. The largest absolute Gasteiger partial charge is 0.378 e. The highest BCUT2D eigenvalue weighted by Crippen LogP contribution is 2.12. The van der Waals surface area contributed by atoms with Gasteiger partial charge in [-0.05, 0) is 23.3 Å². The van der Waals surface area contributed by atoms with Gasteiger partial charge in [0.05, 0.1) is 6.21 Å². The van der Waals surface area contributed by atoms with E-state index >= 15 is 0 Å². The van der Waals surface area contributed by atoms with Crippen molar-refractivity contribution in [3.8, 4) is 0 Å². The molecule has 0 heterocycles. The average Bonchev–Trinajstić information content (AvgIpc) is 2.55. The topological polar surface area (TPSA) is 64.9 Å². The van der Waals surface area contributed by atoms with Crippen molar-refractivity contribution in [2.75, 3.05) is 19.0 Å². The second-order valence-corrected chi connectivity index (χ2v) is 5.03. The fourth-order valence-electron chi connectivity index (χ4n) is 1.88. The van der Waals surface area contributed by atoms with Gasteiger partial charge in [0.15, 0.2) is 6.10 Å². The van der Waals surface area contributed by atoms with E-state index in [1.165, 1.54) is 6.21 Å². The van der Waals surface area contributed by atoms with Crippen molar-refractivity contribution in [3.05, 3.63) is 65.7 Å². The van der Waals surface area contributed by atoms with Gasteiger partial charge in [0.1, 0.15) is 0 Å². The number of benzene rings is 2. The highest BCUT2D eigenvalue weighted by atomic mass is 16.3. The molecule has 0 bridgehead atoms. The van der Waals surface area contributed by atoms with E-state index in [0.29, 0.717) is 5.56 Å². The van der Waals surface area contributed by atoms with Crippen molar-refractivity contribution in [3.63, 3.8) is 0 Å². The number of nitrogens with zero attached hydrogens (tertiary/aromatic N) is 2. The van der Waals surface area contributed by atoms with Crippen LogP contribution >= 0.6 is 0 Å². The van der Waals surface area contributed by atoms with Crippen LogP contribution in [0.25, 0.3) is 0 Å². The van der Waals surface area contributed by atoms with Gasteiger partial charge in [0.25, 0.3) is 5.91 Å². The van der Waals surface area contributed by atoms with Crippen molar-refractivity contribution in [1.29, 1.82) is 0 Å². The Labute approximate surface area is 129 Å². The molecule has 5 heteroatoms. The molecule has 2 aromatic carbocycles. The van der Waals surface area contributed by atoms with Gasteiger partial charge in [-0.15, -0.1) is 0 Å². The lowest BCUT2D eigenvalue weighted by atomic mass is 10.1. The van der Waals surface area contributed by atoms with Gasteiger partial charge in [-0.1, -0.05) is 42.5 Å². The molecular weight excluding hydrogens is 278 g/mol. The normalized spacial score (nSPS) is 12.1. The Morgan fingerprint density at radius 2 is 1.77 bits per heavy atom. The number of hydrogen-bond acceptors (Lipinski definition) is 4. The van der Waals surface area contributed by atoms with Crippen LogP contribution in [0, 0.1) is 0 Å². The second kappa shape index (κ2) is 7.38. The number of hydrogen-bond donors (Lipinski definition) is 2. The summed E-state index contributed by atoms with van der Waals surface area (Å²) in [6.07, 6.45) is 0.309. The van der Waals surface area contributed by atoms with E-state index in [-0.39, 0.29) is 0 Å². The van der Waals surface area contributed by atoms with Crippen LogP contribution in [0.4, 0.5) is 5.69 Å². The summed E-state index contributed by atoms with van der Waals surface area (Å²) in [4.78, 5) is 13.8. The van der Waals surface area contributed by atoms with Gasteiger partial charge in [0, 0.05) is 19.8 Å². The summed E-state index contributed by atoms with van der Waals surface area (Å²) in [6.45, 7) is 0. The van der Waals surface area contributed by atoms with E-state index in [1.54, 1.807) is 24.3 Å². The van der Waals surface area contributed by atoms with E-state index in [4.69, 9.17) is 0 Å². The quantitative estimate of drug-likeness (QED) is 0.655. The van der Waals surface area contributed by atoms with Crippen LogP contribution in [0.15, 0.2) is 59.7 Å². The van der Waals surface area contributed by atoms with Gasteiger partial charge in [-0.2, -0.15) is 5.10 Å². The van der Waals surface area contributed by atoms with Gasteiger partial charge in [-0.25, -0.2) is 5.43 Å². The molecule has 114 valence electrons. The number of anilines is 1. The lowest BCUT2D eigenvalue weighted by Gasteiger charge is -2.11. The van der Waals surface area contributed by atoms with Crippen LogP contribution in [0.1, 0.15) is 17.2 Å². The zero-order valence-electron chi connectivity index (χ0n) is 12.6. The first kappa shape index (κ1) is 15.7. The lowest BCUT2D eigenvalue weighted by molar-refractivity contribution is -0.129. The summed E-state index contributed by atoms with van der Waals surface area (Å²) in [5.41, 5.74) is 4.81. The summed E-state index contributed by atoms with van der Waals surface area (Å²) >= 11 is 0. The number of hydrazone groups is 1. The predicted octanol–water partition coefficient (Wildman–Crippen LogP) is 1.94. The number of nitrogens with one attached hydrogen (secondary N) is 1. The third kappa shape index (κ3) is 4.17. The Kier molecular flexibility index (Phi) is 5.27. The Morgan fingerprint density at radius 1 is 1.14 bits per heavy atom. The third-order valence-electron chi connectivity index (χ3n) is 3.16. The molecule has 2 N–H and O–H groups in total. The Balaban J connectivity index is 1.93. The molecule has 2 aromatic rings. The minimum Gasteiger partial charge on any atom is -0.378 e. The molecule has 0 saturated heterocycles. The summed E-state index contributed by atoms with van der Waals surface area (Å²) in [5, 5.41) is 13.8. The lowest BCUT2D eigenvalue weighted by Crippen LogP contribution is -2.25. The molecule has 1 atom stereocenters. The molecule has 0 saturated carbocycles. The number of rotatable bonds is 5. The van der Waals surface area contributed by atoms with Crippen molar-refractivity contribution in [1.82, 2.24) is 5.43 Å². The molecular formula is C17H19N3O2. The fraction of sp³-hybridized carbons (Fsp3) is 0.176. The van der Waals surface area contributed by atoms with Crippen LogP contribution in [-0.4, -0.2) is 31.3 Å². The zero-order chi connectivity index (χ0) is 15.9. The zero-order valence-corrected chi connectivity index (χ0v) is 12.6. The Hall–Kier alpha value is -2.66. The first-order valence-electron chi connectivity index (χ1n) is 6.91. The van der Waals surface area contributed by atoms with Crippen molar-refractivity contribution < 1.29 is 9.90 Å². The van der Waals surface area contributed by atoms with Crippen LogP contribution in [0.5, 0.6) is 0 Å². The molecule has 1 amide bonds. The molecule has 0 spiro atoms. The number of aliphatic hydroxyl groups is 1. The monoisotopic (exact) mass is 297 g/mol.